The van der Waals surface area contributed by atoms with Crippen molar-refractivity contribution in [3.8, 4) is 0 Å². The van der Waals surface area contributed by atoms with Crippen molar-refractivity contribution in [1.29, 1.82) is 0 Å². The summed E-state index contributed by atoms with van der Waals surface area (Å²) < 4.78 is 0.860. The number of aromatic nitrogens is 2. The molecule has 1 saturated carbocycles. The number of hydrogen-bond acceptors (Lipinski definition) is 5. The van der Waals surface area contributed by atoms with Crippen LogP contribution in [-0.4, -0.2) is 27.9 Å². The Balaban J connectivity index is 1.67. The van der Waals surface area contributed by atoms with Gasteiger partial charge in [-0.15, -0.1) is 10.2 Å². The molecule has 0 radical (unpaired) electrons. The Morgan fingerprint density at radius 3 is 3.00 bits per heavy atom. The summed E-state index contributed by atoms with van der Waals surface area (Å²) in [5.41, 5.74) is 1.68. The van der Waals surface area contributed by atoms with Gasteiger partial charge in [0.1, 0.15) is 5.51 Å². The highest BCUT2D eigenvalue weighted by Gasteiger charge is 2.15. The van der Waals surface area contributed by atoms with E-state index in [9.17, 15) is 4.79 Å². The molecule has 0 bridgehead atoms. The van der Waals surface area contributed by atoms with E-state index in [1.165, 1.54) is 42.4 Å². The summed E-state index contributed by atoms with van der Waals surface area (Å²) in [6.07, 6.45) is 6.07. The maximum Gasteiger partial charge on any atom is 0.230 e. The predicted molar refractivity (Wildman–Crippen MR) is 65.6 cm³/mol. The molecule has 0 atom stereocenters. The van der Waals surface area contributed by atoms with E-state index in [2.05, 4.69) is 15.5 Å². The van der Waals surface area contributed by atoms with Crippen LogP contribution in [0.15, 0.2) is 9.85 Å². The molecule has 0 unspecified atom stereocenters. The molecule has 1 aliphatic carbocycles. The summed E-state index contributed by atoms with van der Waals surface area (Å²) in [5, 5.41) is 10.7. The predicted octanol–water partition coefficient (Wildman–Crippen LogP) is 2.08. The first kappa shape index (κ1) is 11.9. The van der Waals surface area contributed by atoms with E-state index in [-0.39, 0.29) is 5.91 Å². The van der Waals surface area contributed by atoms with E-state index >= 15 is 0 Å². The summed E-state index contributed by atoms with van der Waals surface area (Å²) in [6.45, 7) is 0. The van der Waals surface area contributed by atoms with Gasteiger partial charge in [-0.05, 0) is 12.8 Å². The van der Waals surface area contributed by atoms with Crippen LogP contribution >= 0.6 is 23.1 Å². The fourth-order valence-electron chi connectivity index (χ4n) is 1.87. The fourth-order valence-corrected chi connectivity index (χ4v) is 3.17. The van der Waals surface area contributed by atoms with Crippen molar-refractivity contribution in [2.75, 3.05) is 5.75 Å². The van der Waals surface area contributed by atoms with Crippen LogP contribution in [0.4, 0.5) is 0 Å². The van der Waals surface area contributed by atoms with Crippen LogP contribution in [0.25, 0.3) is 0 Å². The molecule has 1 N–H and O–H groups in total. The number of thioether (sulfide) groups is 1. The smallest absolute Gasteiger partial charge is 0.230 e. The lowest BCUT2D eigenvalue weighted by Crippen LogP contribution is -2.37. The molecule has 1 aromatic heterocycles. The standard InChI is InChI=1S/C10H15N3OS2/c14-9(6-15-10-13-11-7-16-10)12-8-4-2-1-3-5-8/h7-8H,1-6H2,(H,12,14). The van der Waals surface area contributed by atoms with Crippen LogP contribution in [0.5, 0.6) is 0 Å². The van der Waals surface area contributed by atoms with Crippen molar-refractivity contribution in [3.63, 3.8) is 0 Å². The van der Waals surface area contributed by atoms with Crippen LogP contribution in [0.1, 0.15) is 32.1 Å². The summed E-state index contributed by atoms with van der Waals surface area (Å²) in [7, 11) is 0. The second-order valence-corrected chi connectivity index (χ2v) is 5.95. The third-order valence-corrected chi connectivity index (χ3v) is 4.50. The van der Waals surface area contributed by atoms with Gasteiger partial charge in [0, 0.05) is 6.04 Å². The minimum absolute atomic E-state index is 0.118. The van der Waals surface area contributed by atoms with E-state index in [1.807, 2.05) is 0 Å². The Morgan fingerprint density at radius 1 is 1.50 bits per heavy atom. The quantitative estimate of drug-likeness (QED) is 0.839. The number of hydrogen-bond donors (Lipinski definition) is 1. The van der Waals surface area contributed by atoms with E-state index in [0.717, 1.165) is 17.2 Å². The summed E-state index contributed by atoms with van der Waals surface area (Å²) in [5.74, 6) is 0.568. The average molecular weight is 257 g/mol. The van der Waals surface area contributed by atoms with Gasteiger partial charge in [0.2, 0.25) is 5.91 Å². The first-order valence-electron chi connectivity index (χ1n) is 5.53. The molecule has 1 aromatic rings. The maximum atomic E-state index is 11.6. The Labute approximate surface area is 103 Å². The van der Waals surface area contributed by atoms with Gasteiger partial charge in [-0.3, -0.25) is 4.79 Å². The monoisotopic (exact) mass is 257 g/mol. The molecular weight excluding hydrogens is 242 g/mol. The molecule has 0 aromatic carbocycles. The van der Waals surface area contributed by atoms with Crippen molar-refractivity contribution >= 4 is 29.0 Å². The van der Waals surface area contributed by atoms with Crippen LogP contribution in [0, 0.1) is 0 Å². The number of carbonyl (C=O) groups excluding carboxylic acids is 1. The minimum Gasteiger partial charge on any atom is -0.353 e. The van der Waals surface area contributed by atoms with Gasteiger partial charge in [-0.1, -0.05) is 42.4 Å². The zero-order valence-corrected chi connectivity index (χ0v) is 10.6. The van der Waals surface area contributed by atoms with Crippen LogP contribution in [0.3, 0.4) is 0 Å². The SMILES string of the molecule is O=C(CSc1nncs1)NC1CCCCC1. The average Bonchev–Trinajstić information content (AvgIpc) is 2.81. The molecule has 6 heteroatoms. The van der Waals surface area contributed by atoms with Gasteiger partial charge in [-0.25, -0.2) is 0 Å². The topological polar surface area (TPSA) is 54.9 Å². The van der Waals surface area contributed by atoms with Crippen molar-refractivity contribution in [2.45, 2.75) is 42.5 Å². The van der Waals surface area contributed by atoms with Crippen molar-refractivity contribution in [3.05, 3.63) is 5.51 Å². The number of carbonyl (C=O) groups is 1. The molecule has 2 rings (SSSR count). The van der Waals surface area contributed by atoms with Gasteiger partial charge in [0.05, 0.1) is 5.75 Å². The Bertz CT molecular complexity index is 323. The van der Waals surface area contributed by atoms with Crippen molar-refractivity contribution < 1.29 is 4.79 Å². The molecule has 88 valence electrons. The van der Waals surface area contributed by atoms with Gasteiger partial charge in [0.15, 0.2) is 4.34 Å². The summed E-state index contributed by atoms with van der Waals surface area (Å²) in [4.78, 5) is 11.6. The second-order valence-electron chi connectivity index (χ2n) is 3.90. The van der Waals surface area contributed by atoms with E-state index in [0.29, 0.717) is 11.8 Å². The lowest BCUT2D eigenvalue weighted by molar-refractivity contribution is -0.119. The van der Waals surface area contributed by atoms with Gasteiger partial charge < -0.3 is 5.32 Å². The fraction of sp³-hybridized carbons (Fsp3) is 0.700. The largest absolute Gasteiger partial charge is 0.353 e. The lowest BCUT2D eigenvalue weighted by Gasteiger charge is -2.22. The Kier molecular flexibility index (Phi) is 4.59. The first-order chi connectivity index (χ1) is 7.84. The van der Waals surface area contributed by atoms with Crippen molar-refractivity contribution in [1.82, 2.24) is 15.5 Å². The minimum atomic E-state index is 0.118. The van der Waals surface area contributed by atoms with E-state index in [4.69, 9.17) is 0 Å². The lowest BCUT2D eigenvalue weighted by atomic mass is 9.95. The third kappa shape index (κ3) is 3.75. The molecule has 0 aliphatic heterocycles. The number of nitrogens with zero attached hydrogens (tertiary/aromatic N) is 2. The molecule has 1 aliphatic rings. The Hall–Kier alpha value is -0.620. The van der Waals surface area contributed by atoms with Gasteiger partial charge >= 0.3 is 0 Å². The molecule has 16 heavy (non-hydrogen) atoms. The maximum absolute atomic E-state index is 11.6. The van der Waals surface area contributed by atoms with Crippen LogP contribution < -0.4 is 5.32 Å². The zero-order valence-electron chi connectivity index (χ0n) is 9.02. The summed E-state index contributed by atoms with van der Waals surface area (Å²) >= 11 is 2.93. The highest BCUT2D eigenvalue weighted by Crippen LogP contribution is 2.20. The van der Waals surface area contributed by atoms with Gasteiger partial charge in [0.25, 0.3) is 0 Å². The number of nitrogens with one attached hydrogen (secondary N) is 1. The van der Waals surface area contributed by atoms with E-state index in [1.54, 1.807) is 5.51 Å². The molecule has 0 saturated heterocycles. The highest BCUT2D eigenvalue weighted by molar-refractivity contribution is 8.01. The Morgan fingerprint density at radius 2 is 2.31 bits per heavy atom. The molecule has 1 amide bonds. The zero-order chi connectivity index (χ0) is 11.2. The highest BCUT2D eigenvalue weighted by atomic mass is 32.2. The normalized spacial score (nSPS) is 17.2. The molecule has 1 heterocycles. The van der Waals surface area contributed by atoms with Crippen molar-refractivity contribution in [2.24, 2.45) is 0 Å². The van der Waals surface area contributed by atoms with E-state index < -0.39 is 0 Å². The summed E-state index contributed by atoms with van der Waals surface area (Å²) in [6, 6.07) is 0.399. The number of amides is 1. The van der Waals surface area contributed by atoms with Crippen LogP contribution in [0.2, 0.25) is 0 Å². The molecule has 4 nitrogen and oxygen atoms in total. The molecule has 0 spiro atoms. The van der Waals surface area contributed by atoms with Gasteiger partial charge in [-0.2, -0.15) is 0 Å². The van der Waals surface area contributed by atoms with Crippen LogP contribution in [-0.2, 0) is 4.79 Å². The number of rotatable bonds is 4. The second kappa shape index (κ2) is 6.20. The first-order valence-corrected chi connectivity index (χ1v) is 7.39. The molecule has 1 fully saturated rings. The third-order valence-electron chi connectivity index (χ3n) is 2.64. The molecular formula is C10H15N3OS2.